The first kappa shape index (κ1) is 10.9. The third-order valence-corrected chi connectivity index (χ3v) is 2.30. The van der Waals surface area contributed by atoms with Gasteiger partial charge in [0, 0.05) is 23.0 Å². The summed E-state index contributed by atoms with van der Waals surface area (Å²) < 4.78 is 0. The molecule has 2 rings (SSSR count). The number of benzene rings is 1. The van der Waals surface area contributed by atoms with Crippen molar-refractivity contribution in [1.82, 2.24) is 10.2 Å². The van der Waals surface area contributed by atoms with Crippen LogP contribution in [0.15, 0.2) is 36.5 Å². The fraction of sp³-hybridized carbons (Fsp3) is 0. The van der Waals surface area contributed by atoms with Crippen molar-refractivity contribution in [1.29, 1.82) is 0 Å². The van der Waals surface area contributed by atoms with E-state index in [1.165, 1.54) is 0 Å². The molecule has 6 heteroatoms. The zero-order chi connectivity index (χ0) is 11.4. The minimum Gasteiger partial charge on any atom is -0.332 e. The summed E-state index contributed by atoms with van der Waals surface area (Å²) >= 11 is 10.9. The molecule has 0 aliphatic rings. The van der Waals surface area contributed by atoms with Gasteiger partial charge in [0.15, 0.2) is 10.9 Å². The molecule has 1 heterocycles. The van der Waals surface area contributed by atoms with Crippen LogP contribution in [-0.2, 0) is 0 Å². The van der Waals surface area contributed by atoms with Gasteiger partial charge >= 0.3 is 0 Å². The van der Waals surface area contributed by atoms with E-state index in [-0.39, 0.29) is 0 Å². The van der Waals surface area contributed by atoms with E-state index in [1.807, 2.05) is 12.1 Å². The van der Waals surface area contributed by atoms with Crippen LogP contribution in [0.2, 0.25) is 5.02 Å². The van der Waals surface area contributed by atoms with E-state index in [1.54, 1.807) is 24.4 Å². The van der Waals surface area contributed by atoms with Crippen LogP contribution in [0.3, 0.4) is 0 Å². The van der Waals surface area contributed by atoms with E-state index in [0.717, 1.165) is 5.69 Å². The summed E-state index contributed by atoms with van der Waals surface area (Å²) in [5.74, 6) is 0.673. The topological polar surface area (TPSA) is 52.7 Å². The lowest BCUT2D eigenvalue weighted by molar-refractivity contribution is 1.10. The number of hydrogen-bond acceptors (Lipinski definition) is 2. The fourth-order valence-corrected chi connectivity index (χ4v) is 1.49. The van der Waals surface area contributed by atoms with Gasteiger partial charge in [-0.2, -0.15) is 5.10 Å². The van der Waals surface area contributed by atoms with Crippen molar-refractivity contribution in [3.05, 3.63) is 41.6 Å². The molecule has 3 N–H and O–H groups in total. The van der Waals surface area contributed by atoms with Gasteiger partial charge in [-0.1, -0.05) is 11.6 Å². The second-order valence-corrected chi connectivity index (χ2v) is 3.89. The molecule has 1 aromatic heterocycles. The quantitative estimate of drug-likeness (QED) is 0.720. The van der Waals surface area contributed by atoms with Gasteiger partial charge in [-0.05, 0) is 36.5 Å². The SMILES string of the molecule is S=C(Nc1ccc(Cl)cc1)Nc1cc[nH]n1. The lowest BCUT2D eigenvalue weighted by Crippen LogP contribution is -2.19. The molecule has 0 saturated heterocycles. The third kappa shape index (κ3) is 2.95. The van der Waals surface area contributed by atoms with Crippen molar-refractivity contribution >= 4 is 40.4 Å². The summed E-state index contributed by atoms with van der Waals surface area (Å²) in [5.41, 5.74) is 0.873. The standard InChI is InChI=1S/C10H9ClN4S/c11-7-1-3-8(4-2-7)13-10(16)14-9-5-6-12-15-9/h1-6H,(H3,12,13,14,15,16). The summed E-state index contributed by atoms with van der Waals surface area (Å²) in [6.45, 7) is 0. The number of hydrogen-bond donors (Lipinski definition) is 3. The third-order valence-electron chi connectivity index (χ3n) is 1.84. The minimum absolute atomic E-state index is 0.481. The van der Waals surface area contributed by atoms with Crippen molar-refractivity contribution in [3.63, 3.8) is 0 Å². The maximum absolute atomic E-state index is 5.77. The maximum atomic E-state index is 5.77. The molecule has 0 saturated carbocycles. The Balaban J connectivity index is 1.95. The largest absolute Gasteiger partial charge is 0.332 e. The van der Waals surface area contributed by atoms with Crippen molar-refractivity contribution in [2.24, 2.45) is 0 Å². The molecule has 0 unspecified atom stereocenters. The van der Waals surface area contributed by atoms with Gasteiger partial charge in [0.05, 0.1) is 0 Å². The number of H-pyrrole nitrogens is 1. The first-order valence-corrected chi connectivity index (χ1v) is 5.36. The summed E-state index contributed by atoms with van der Waals surface area (Å²) in [6.07, 6.45) is 1.72. The summed E-state index contributed by atoms with van der Waals surface area (Å²) in [7, 11) is 0. The summed E-state index contributed by atoms with van der Waals surface area (Å²) in [4.78, 5) is 0. The Morgan fingerprint density at radius 2 is 1.94 bits per heavy atom. The van der Waals surface area contributed by atoms with Gasteiger partial charge in [-0.3, -0.25) is 5.10 Å². The monoisotopic (exact) mass is 252 g/mol. The highest BCUT2D eigenvalue weighted by molar-refractivity contribution is 7.80. The Labute approximate surface area is 103 Å². The Morgan fingerprint density at radius 1 is 1.19 bits per heavy atom. The van der Waals surface area contributed by atoms with E-state index in [9.17, 15) is 0 Å². The van der Waals surface area contributed by atoms with Crippen LogP contribution in [0.5, 0.6) is 0 Å². The van der Waals surface area contributed by atoms with Crippen LogP contribution in [0.25, 0.3) is 0 Å². The van der Waals surface area contributed by atoms with Crippen LogP contribution in [0.4, 0.5) is 11.5 Å². The minimum atomic E-state index is 0.481. The van der Waals surface area contributed by atoms with Crippen molar-refractivity contribution in [2.75, 3.05) is 10.6 Å². The lowest BCUT2D eigenvalue weighted by atomic mass is 10.3. The molecule has 16 heavy (non-hydrogen) atoms. The van der Waals surface area contributed by atoms with E-state index in [2.05, 4.69) is 20.8 Å². The van der Waals surface area contributed by atoms with E-state index in [0.29, 0.717) is 16.0 Å². The molecule has 0 spiro atoms. The molecule has 0 bridgehead atoms. The van der Waals surface area contributed by atoms with Gasteiger partial charge in [0.2, 0.25) is 0 Å². The number of thiocarbonyl (C=S) groups is 1. The highest BCUT2D eigenvalue weighted by Gasteiger charge is 1.99. The smallest absolute Gasteiger partial charge is 0.176 e. The average molecular weight is 253 g/mol. The average Bonchev–Trinajstić information content (AvgIpc) is 2.74. The highest BCUT2D eigenvalue weighted by atomic mass is 35.5. The van der Waals surface area contributed by atoms with Crippen molar-refractivity contribution in [3.8, 4) is 0 Å². The number of aromatic amines is 1. The molecule has 1 aromatic carbocycles. The second-order valence-electron chi connectivity index (χ2n) is 3.05. The molecule has 0 atom stereocenters. The number of rotatable bonds is 2. The number of nitrogens with one attached hydrogen (secondary N) is 3. The normalized spacial score (nSPS) is 9.81. The van der Waals surface area contributed by atoms with Gasteiger partial charge < -0.3 is 10.6 Å². The Morgan fingerprint density at radius 3 is 2.56 bits per heavy atom. The molecule has 2 aromatic rings. The Kier molecular flexibility index (Phi) is 3.38. The van der Waals surface area contributed by atoms with Crippen LogP contribution in [0.1, 0.15) is 0 Å². The second kappa shape index (κ2) is 4.96. The maximum Gasteiger partial charge on any atom is 0.176 e. The molecule has 82 valence electrons. The molecular formula is C10H9ClN4S. The fourth-order valence-electron chi connectivity index (χ4n) is 1.14. The molecule has 0 fully saturated rings. The van der Waals surface area contributed by atoms with E-state index in [4.69, 9.17) is 23.8 Å². The van der Waals surface area contributed by atoms with Crippen LogP contribution < -0.4 is 10.6 Å². The molecular weight excluding hydrogens is 244 g/mol. The first-order chi connectivity index (χ1) is 7.74. The summed E-state index contributed by atoms with van der Waals surface area (Å²) in [5, 5.41) is 13.7. The van der Waals surface area contributed by atoms with Gasteiger partial charge in [0.25, 0.3) is 0 Å². The highest BCUT2D eigenvalue weighted by Crippen LogP contribution is 2.13. The van der Waals surface area contributed by atoms with Gasteiger partial charge in [-0.15, -0.1) is 0 Å². The number of nitrogens with zero attached hydrogens (tertiary/aromatic N) is 1. The van der Waals surface area contributed by atoms with Gasteiger partial charge in [-0.25, -0.2) is 0 Å². The molecule has 0 amide bonds. The zero-order valence-corrected chi connectivity index (χ0v) is 9.77. The predicted molar refractivity (Wildman–Crippen MR) is 69.9 cm³/mol. The van der Waals surface area contributed by atoms with E-state index < -0.39 is 0 Å². The number of anilines is 2. The van der Waals surface area contributed by atoms with Gasteiger partial charge in [0.1, 0.15) is 0 Å². The van der Waals surface area contributed by atoms with Crippen LogP contribution >= 0.6 is 23.8 Å². The molecule has 0 radical (unpaired) electrons. The predicted octanol–water partition coefficient (Wildman–Crippen LogP) is 2.87. The van der Waals surface area contributed by atoms with E-state index >= 15 is 0 Å². The molecule has 4 nitrogen and oxygen atoms in total. The summed E-state index contributed by atoms with van der Waals surface area (Å²) in [6, 6.07) is 9.07. The number of halogens is 1. The van der Waals surface area contributed by atoms with Crippen molar-refractivity contribution < 1.29 is 0 Å². The van der Waals surface area contributed by atoms with Crippen molar-refractivity contribution in [2.45, 2.75) is 0 Å². The first-order valence-electron chi connectivity index (χ1n) is 4.57. The lowest BCUT2D eigenvalue weighted by Gasteiger charge is -2.08. The zero-order valence-electron chi connectivity index (χ0n) is 8.20. The van der Waals surface area contributed by atoms with Crippen LogP contribution in [0, 0.1) is 0 Å². The molecule has 0 aliphatic carbocycles. The Hall–Kier alpha value is -1.59. The Bertz CT molecular complexity index is 466. The number of aromatic nitrogens is 2. The molecule has 0 aliphatic heterocycles. The van der Waals surface area contributed by atoms with Crippen LogP contribution in [-0.4, -0.2) is 15.3 Å².